The molecule has 1 aliphatic heterocycles. The van der Waals surface area contributed by atoms with Crippen LogP contribution in [0.1, 0.15) is 19.4 Å². The number of amides is 1. The van der Waals surface area contributed by atoms with Crippen molar-refractivity contribution in [2.24, 2.45) is 0 Å². The molecule has 8 nitrogen and oxygen atoms in total. The van der Waals surface area contributed by atoms with Crippen LogP contribution in [0, 0.1) is 0 Å². The van der Waals surface area contributed by atoms with E-state index in [0.717, 1.165) is 18.8 Å². The van der Waals surface area contributed by atoms with E-state index in [1.54, 1.807) is 12.1 Å². The van der Waals surface area contributed by atoms with Crippen molar-refractivity contribution >= 4 is 23.4 Å². The van der Waals surface area contributed by atoms with E-state index < -0.39 is 12.5 Å². The maximum atomic E-state index is 12.7. The molecule has 0 spiro atoms. The van der Waals surface area contributed by atoms with Crippen LogP contribution in [0.2, 0.25) is 0 Å². The highest BCUT2D eigenvalue weighted by atomic mass is 19.3. The van der Waals surface area contributed by atoms with Gasteiger partial charge in [-0.1, -0.05) is 6.07 Å². The second-order valence-electron chi connectivity index (χ2n) is 7.39. The van der Waals surface area contributed by atoms with E-state index in [2.05, 4.69) is 15.0 Å². The van der Waals surface area contributed by atoms with Gasteiger partial charge in [-0.05, 0) is 37.6 Å². The van der Waals surface area contributed by atoms with Gasteiger partial charge in [-0.3, -0.25) is 4.79 Å². The first-order valence-corrected chi connectivity index (χ1v) is 11.3. The number of nitrogens with zero attached hydrogens (tertiary/aromatic N) is 1. The number of alkyl halides is 2. The molecule has 1 amide bonds. The van der Waals surface area contributed by atoms with Crippen LogP contribution in [0.15, 0.2) is 36.4 Å². The van der Waals surface area contributed by atoms with Gasteiger partial charge in [0, 0.05) is 31.3 Å². The van der Waals surface area contributed by atoms with Gasteiger partial charge < -0.3 is 33.9 Å². The number of ether oxygens (including phenoxy) is 5. The van der Waals surface area contributed by atoms with E-state index in [-0.39, 0.29) is 11.5 Å². The summed E-state index contributed by atoms with van der Waals surface area (Å²) in [5.74, 6) is 0.797. The molecule has 35 heavy (non-hydrogen) atoms. The summed E-state index contributed by atoms with van der Waals surface area (Å²) in [6.45, 7) is 4.38. The Kier molecular flexibility index (Phi) is 9.54. The summed E-state index contributed by atoms with van der Waals surface area (Å²) < 4.78 is 51.7. The van der Waals surface area contributed by atoms with Gasteiger partial charge in [0.1, 0.15) is 11.5 Å². The third kappa shape index (κ3) is 7.22. The number of carbonyl (C=O) groups is 1. The third-order valence-electron chi connectivity index (χ3n) is 5.10. The van der Waals surface area contributed by atoms with Gasteiger partial charge in [-0.25, -0.2) is 0 Å². The lowest BCUT2D eigenvalue weighted by Crippen LogP contribution is -2.36. The lowest BCUT2D eigenvalue weighted by molar-refractivity contribution is -0.111. The molecule has 1 saturated heterocycles. The Balaban J connectivity index is 1.80. The number of halogens is 2. The summed E-state index contributed by atoms with van der Waals surface area (Å²) in [4.78, 5) is 14.9. The number of anilines is 2. The Labute approximate surface area is 203 Å². The van der Waals surface area contributed by atoms with E-state index in [1.165, 1.54) is 31.4 Å². The Morgan fingerprint density at radius 2 is 1.77 bits per heavy atom. The van der Waals surface area contributed by atoms with E-state index in [0.29, 0.717) is 49.2 Å². The lowest BCUT2D eigenvalue weighted by Gasteiger charge is -2.31. The van der Waals surface area contributed by atoms with Crippen molar-refractivity contribution < 1.29 is 37.3 Å². The van der Waals surface area contributed by atoms with Crippen LogP contribution in [0.4, 0.5) is 20.2 Å². The van der Waals surface area contributed by atoms with Crippen molar-refractivity contribution in [2.45, 2.75) is 20.5 Å². The lowest BCUT2D eigenvalue weighted by atomic mass is 10.1. The zero-order valence-electron chi connectivity index (χ0n) is 20.0. The van der Waals surface area contributed by atoms with E-state index >= 15 is 0 Å². The van der Waals surface area contributed by atoms with Crippen molar-refractivity contribution in [3.8, 4) is 23.0 Å². The highest BCUT2D eigenvalue weighted by Gasteiger charge is 2.20. The van der Waals surface area contributed by atoms with E-state index in [1.807, 2.05) is 19.9 Å². The predicted molar refractivity (Wildman–Crippen MR) is 129 cm³/mol. The molecule has 0 aliphatic carbocycles. The molecule has 0 atom stereocenters. The smallest absolute Gasteiger partial charge is 0.387 e. The molecule has 190 valence electrons. The van der Waals surface area contributed by atoms with Gasteiger partial charge in [0.2, 0.25) is 5.91 Å². The average molecular weight is 493 g/mol. The number of methoxy groups -OCH3 is 1. The molecule has 10 heteroatoms. The zero-order valence-corrected chi connectivity index (χ0v) is 20.0. The molecule has 0 bridgehead atoms. The molecule has 1 aliphatic rings. The Morgan fingerprint density at radius 3 is 2.43 bits per heavy atom. The molecular formula is C25H30F2N2O6. The number of morpholine rings is 1. The molecular weight excluding hydrogens is 462 g/mol. The monoisotopic (exact) mass is 492 g/mol. The minimum Gasteiger partial charge on any atom is -0.493 e. The maximum absolute atomic E-state index is 12.7. The fourth-order valence-electron chi connectivity index (χ4n) is 3.57. The standard InChI is InChI=1S/C25H30F2N2O6/c1-4-33-21-16-19(29-10-12-32-13-11-29)22(34-5-2)15-18(21)28-24(30)9-7-17-6-8-20(35-25(26)27)23(14-17)31-3/h6-9,14-16,25H,4-5,10-13H2,1-3H3,(H,28,30). The molecule has 1 fully saturated rings. The van der Waals surface area contributed by atoms with E-state index in [4.69, 9.17) is 18.9 Å². The molecule has 2 aromatic rings. The fourth-order valence-corrected chi connectivity index (χ4v) is 3.57. The minimum absolute atomic E-state index is 0.0886. The highest BCUT2D eigenvalue weighted by Crippen LogP contribution is 2.39. The first-order chi connectivity index (χ1) is 16.9. The van der Waals surface area contributed by atoms with Crippen LogP contribution in [0.3, 0.4) is 0 Å². The largest absolute Gasteiger partial charge is 0.493 e. The van der Waals surface area contributed by atoms with Crippen LogP contribution >= 0.6 is 0 Å². The predicted octanol–water partition coefficient (Wildman–Crippen LogP) is 4.58. The van der Waals surface area contributed by atoms with Gasteiger partial charge in [0.15, 0.2) is 11.5 Å². The molecule has 2 aromatic carbocycles. The number of nitrogens with one attached hydrogen (secondary N) is 1. The Morgan fingerprint density at radius 1 is 1.06 bits per heavy atom. The van der Waals surface area contributed by atoms with Gasteiger partial charge in [0.25, 0.3) is 0 Å². The summed E-state index contributed by atoms with van der Waals surface area (Å²) in [6, 6.07) is 8.02. The van der Waals surface area contributed by atoms with Gasteiger partial charge in [0.05, 0.1) is 44.9 Å². The summed E-state index contributed by atoms with van der Waals surface area (Å²) >= 11 is 0. The number of benzene rings is 2. The average Bonchev–Trinajstić information content (AvgIpc) is 2.85. The molecule has 0 saturated carbocycles. The second kappa shape index (κ2) is 12.8. The number of rotatable bonds is 11. The summed E-state index contributed by atoms with van der Waals surface area (Å²) in [7, 11) is 1.35. The van der Waals surface area contributed by atoms with Gasteiger partial charge in [-0.2, -0.15) is 8.78 Å². The quantitative estimate of drug-likeness (QED) is 0.460. The highest BCUT2D eigenvalue weighted by molar-refractivity contribution is 6.03. The van der Waals surface area contributed by atoms with E-state index in [9.17, 15) is 13.6 Å². The number of hydrogen-bond donors (Lipinski definition) is 1. The summed E-state index contributed by atoms with van der Waals surface area (Å²) in [5.41, 5.74) is 1.92. The minimum atomic E-state index is -2.97. The van der Waals surface area contributed by atoms with Crippen molar-refractivity contribution in [1.82, 2.24) is 0 Å². The van der Waals surface area contributed by atoms with Crippen molar-refractivity contribution in [1.29, 1.82) is 0 Å². The van der Waals surface area contributed by atoms with Crippen LogP contribution in [0.5, 0.6) is 23.0 Å². The van der Waals surface area contributed by atoms with Crippen molar-refractivity contribution in [2.75, 3.05) is 56.8 Å². The van der Waals surface area contributed by atoms with Crippen molar-refractivity contribution in [3.63, 3.8) is 0 Å². The second-order valence-corrected chi connectivity index (χ2v) is 7.39. The maximum Gasteiger partial charge on any atom is 0.387 e. The van der Waals surface area contributed by atoms with Crippen LogP contribution < -0.4 is 29.2 Å². The summed E-state index contributed by atoms with van der Waals surface area (Å²) in [6.07, 6.45) is 2.87. The van der Waals surface area contributed by atoms with Crippen LogP contribution in [-0.4, -0.2) is 59.1 Å². The zero-order chi connectivity index (χ0) is 25.2. The first-order valence-electron chi connectivity index (χ1n) is 11.3. The Bertz CT molecular complexity index is 1030. The van der Waals surface area contributed by atoms with Crippen molar-refractivity contribution in [3.05, 3.63) is 42.0 Å². The topological polar surface area (TPSA) is 78.5 Å². The van der Waals surface area contributed by atoms with Gasteiger partial charge >= 0.3 is 6.61 Å². The third-order valence-corrected chi connectivity index (χ3v) is 5.10. The molecule has 0 aromatic heterocycles. The molecule has 1 N–H and O–H groups in total. The van der Waals surface area contributed by atoms with Crippen LogP contribution in [0.25, 0.3) is 6.08 Å². The summed E-state index contributed by atoms with van der Waals surface area (Å²) in [5, 5.41) is 2.83. The number of hydrogen-bond acceptors (Lipinski definition) is 7. The molecule has 3 rings (SSSR count). The van der Waals surface area contributed by atoms with Gasteiger partial charge in [-0.15, -0.1) is 0 Å². The molecule has 1 heterocycles. The van der Waals surface area contributed by atoms with Crippen LogP contribution in [-0.2, 0) is 9.53 Å². The first kappa shape index (κ1) is 26.1. The molecule has 0 radical (unpaired) electrons. The number of carbonyl (C=O) groups excluding carboxylic acids is 1. The SMILES string of the molecule is CCOc1cc(N2CCOCC2)c(OCC)cc1NC(=O)C=Cc1ccc(OC(F)F)c(OC)c1. The molecule has 0 unspecified atom stereocenters. The fraction of sp³-hybridized carbons (Fsp3) is 0.400. The Hall–Kier alpha value is -3.53. The normalized spacial score (nSPS) is 13.7.